The van der Waals surface area contributed by atoms with Crippen LogP contribution in [0.25, 0.3) is 0 Å². The van der Waals surface area contributed by atoms with Gasteiger partial charge in [0.05, 0.1) is 0 Å². The van der Waals surface area contributed by atoms with E-state index in [0.717, 1.165) is 18.0 Å². The Morgan fingerprint density at radius 3 is 2.71 bits per heavy atom. The van der Waals surface area contributed by atoms with Gasteiger partial charge in [0.2, 0.25) is 0 Å². The average Bonchev–Trinajstić information content (AvgIpc) is 2.12. The summed E-state index contributed by atoms with van der Waals surface area (Å²) in [5.41, 5.74) is 0.770. The molecule has 0 aromatic heterocycles. The van der Waals surface area contributed by atoms with Crippen LogP contribution in [0.5, 0.6) is 0 Å². The van der Waals surface area contributed by atoms with Gasteiger partial charge in [-0.05, 0) is 31.4 Å². The summed E-state index contributed by atoms with van der Waals surface area (Å²) in [7, 11) is 0. The highest BCUT2D eigenvalue weighted by Crippen LogP contribution is 2.25. The molecular weight excluding hydrogens is 177 g/mol. The molecule has 1 aliphatic carbocycles. The molecule has 0 atom stereocenters. The molecule has 0 saturated heterocycles. The first-order valence-electron chi connectivity index (χ1n) is 5.30. The van der Waals surface area contributed by atoms with Crippen molar-refractivity contribution >= 4 is 0 Å². The van der Waals surface area contributed by atoms with Gasteiger partial charge in [0.1, 0.15) is 5.82 Å². The minimum absolute atomic E-state index is 0.103. The lowest BCUT2D eigenvalue weighted by Crippen LogP contribution is -2.27. The normalized spacial score (nSPS) is 16.6. The first-order valence-corrected chi connectivity index (χ1v) is 5.30. The van der Waals surface area contributed by atoms with Crippen molar-refractivity contribution in [3.63, 3.8) is 0 Å². The number of hydrogen-bond acceptors (Lipinski definition) is 1. The van der Waals surface area contributed by atoms with E-state index >= 15 is 0 Å². The second-order valence-electron chi connectivity index (χ2n) is 4.02. The Labute approximate surface area is 84.3 Å². The third-order valence-corrected chi connectivity index (χ3v) is 2.93. The van der Waals surface area contributed by atoms with Gasteiger partial charge in [-0.15, -0.1) is 0 Å². The Balaban J connectivity index is 1.76. The maximum atomic E-state index is 13.2. The summed E-state index contributed by atoms with van der Waals surface area (Å²) >= 11 is 0. The molecular formula is C12H16FN. The number of nitrogens with one attached hydrogen (secondary N) is 1. The Kier molecular flexibility index (Phi) is 3.14. The quantitative estimate of drug-likeness (QED) is 0.775. The molecule has 0 unspecified atom stereocenters. The highest BCUT2D eigenvalue weighted by Gasteiger charge is 2.16. The summed E-state index contributed by atoms with van der Waals surface area (Å²) in [6, 6.07) is 6.96. The molecule has 1 aromatic carbocycles. The average molecular weight is 193 g/mol. The van der Waals surface area contributed by atoms with Gasteiger partial charge in [0.15, 0.2) is 0 Å². The standard InChI is InChI=1S/C12H16FN/c13-12-7-2-1-6-11(12)9-14-8-10-4-3-5-10/h1-2,6-7,10,14H,3-5,8-9H2. The van der Waals surface area contributed by atoms with Gasteiger partial charge in [-0.25, -0.2) is 4.39 Å². The van der Waals surface area contributed by atoms with E-state index < -0.39 is 0 Å². The SMILES string of the molecule is Fc1ccccc1CNCC1CCC1. The highest BCUT2D eigenvalue weighted by atomic mass is 19.1. The lowest BCUT2D eigenvalue weighted by molar-refractivity contribution is 0.301. The number of rotatable bonds is 4. The molecule has 0 spiro atoms. The van der Waals surface area contributed by atoms with Crippen molar-refractivity contribution in [2.24, 2.45) is 5.92 Å². The Morgan fingerprint density at radius 1 is 1.29 bits per heavy atom. The first kappa shape index (κ1) is 9.66. The summed E-state index contributed by atoms with van der Waals surface area (Å²) in [4.78, 5) is 0. The molecule has 76 valence electrons. The third-order valence-electron chi connectivity index (χ3n) is 2.93. The zero-order chi connectivity index (χ0) is 9.80. The van der Waals surface area contributed by atoms with E-state index in [9.17, 15) is 4.39 Å². The van der Waals surface area contributed by atoms with Gasteiger partial charge < -0.3 is 5.32 Å². The Morgan fingerprint density at radius 2 is 2.07 bits per heavy atom. The van der Waals surface area contributed by atoms with E-state index in [4.69, 9.17) is 0 Å². The van der Waals surface area contributed by atoms with Crippen LogP contribution in [0, 0.1) is 11.7 Å². The van der Waals surface area contributed by atoms with E-state index in [0.29, 0.717) is 6.54 Å². The monoisotopic (exact) mass is 193 g/mol. The Hall–Kier alpha value is -0.890. The van der Waals surface area contributed by atoms with Crippen LogP contribution < -0.4 is 5.32 Å². The molecule has 1 aromatic rings. The van der Waals surface area contributed by atoms with Crippen LogP contribution in [-0.2, 0) is 6.54 Å². The highest BCUT2D eigenvalue weighted by molar-refractivity contribution is 5.16. The van der Waals surface area contributed by atoms with Crippen LogP contribution in [0.15, 0.2) is 24.3 Å². The van der Waals surface area contributed by atoms with E-state index in [1.54, 1.807) is 6.07 Å². The molecule has 2 rings (SSSR count). The Bertz CT molecular complexity index is 294. The van der Waals surface area contributed by atoms with Crippen molar-refractivity contribution in [1.82, 2.24) is 5.32 Å². The summed E-state index contributed by atoms with van der Waals surface area (Å²) in [5, 5.41) is 3.30. The lowest BCUT2D eigenvalue weighted by Gasteiger charge is -2.25. The van der Waals surface area contributed by atoms with Crippen LogP contribution in [0.3, 0.4) is 0 Å². The minimum atomic E-state index is -0.103. The summed E-state index contributed by atoms with van der Waals surface area (Å²) in [6.07, 6.45) is 4.04. The maximum Gasteiger partial charge on any atom is 0.127 e. The summed E-state index contributed by atoms with van der Waals surface area (Å²) < 4.78 is 13.2. The van der Waals surface area contributed by atoms with Crippen LogP contribution in [-0.4, -0.2) is 6.54 Å². The second kappa shape index (κ2) is 4.56. The fourth-order valence-corrected chi connectivity index (χ4v) is 1.75. The number of benzene rings is 1. The first-order chi connectivity index (χ1) is 6.86. The predicted molar refractivity (Wildman–Crippen MR) is 55.4 cm³/mol. The summed E-state index contributed by atoms with van der Waals surface area (Å²) in [6.45, 7) is 1.69. The molecule has 14 heavy (non-hydrogen) atoms. The molecule has 1 nitrogen and oxygen atoms in total. The van der Waals surface area contributed by atoms with Gasteiger partial charge in [-0.2, -0.15) is 0 Å². The second-order valence-corrected chi connectivity index (χ2v) is 4.02. The number of halogens is 1. The van der Waals surface area contributed by atoms with Crippen LogP contribution in [0.4, 0.5) is 4.39 Å². The van der Waals surface area contributed by atoms with Crippen molar-refractivity contribution in [3.8, 4) is 0 Å². The molecule has 1 fully saturated rings. The van der Waals surface area contributed by atoms with Crippen molar-refractivity contribution in [3.05, 3.63) is 35.6 Å². The van der Waals surface area contributed by atoms with E-state index in [1.807, 2.05) is 12.1 Å². The van der Waals surface area contributed by atoms with Crippen molar-refractivity contribution in [2.75, 3.05) is 6.54 Å². The van der Waals surface area contributed by atoms with E-state index in [2.05, 4.69) is 5.32 Å². The van der Waals surface area contributed by atoms with E-state index in [-0.39, 0.29) is 5.82 Å². The van der Waals surface area contributed by atoms with Gasteiger partial charge >= 0.3 is 0 Å². The predicted octanol–water partition coefficient (Wildman–Crippen LogP) is 2.72. The fraction of sp³-hybridized carbons (Fsp3) is 0.500. The van der Waals surface area contributed by atoms with Gasteiger partial charge in [-0.3, -0.25) is 0 Å². The topological polar surface area (TPSA) is 12.0 Å². The molecule has 1 aliphatic rings. The van der Waals surface area contributed by atoms with E-state index in [1.165, 1.54) is 25.3 Å². The smallest absolute Gasteiger partial charge is 0.127 e. The molecule has 0 radical (unpaired) electrons. The largest absolute Gasteiger partial charge is 0.312 e. The molecule has 0 aliphatic heterocycles. The van der Waals surface area contributed by atoms with Gasteiger partial charge in [0.25, 0.3) is 0 Å². The molecule has 1 saturated carbocycles. The lowest BCUT2D eigenvalue weighted by atomic mass is 9.85. The fourth-order valence-electron chi connectivity index (χ4n) is 1.75. The van der Waals surface area contributed by atoms with Gasteiger partial charge in [-0.1, -0.05) is 24.6 Å². The maximum absolute atomic E-state index is 13.2. The van der Waals surface area contributed by atoms with Crippen LogP contribution in [0.1, 0.15) is 24.8 Å². The van der Waals surface area contributed by atoms with Crippen LogP contribution >= 0.6 is 0 Å². The molecule has 2 heteroatoms. The van der Waals surface area contributed by atoms with Crippen molar-refractivity contribution in [2.45, 2.75) is 25.8 Å². The minimum Gasteiger partial charge on any atom is -0.312 e. The molecule has 0 heterocycles. The van der Waals surface area contributed by atoms with Crippen LogP contribution in [0.2, 0.25) is 0 Å². The zero-order valence-electron chi connectivity index (χ0n) is 8.30. The zero-order valence-corrected chi connectivity index (χ0v) is 8.30. The molecule has 1 N–H and O–H groups in total. The van der Waals surface area contributed by atoms with Gasteiger partial charge in [0, 0.05) is 12.1 Å². The summed E-state index contributed by atoms with van der Waals surface area (Å²) in [5.74, 6) is 0.732. The van der Waals surface area contributed by atoms with Crippen molar-refractivity contribution in [1.29, 1.82) is 0 Å². The third kappa shape index (κ3) is 2.32. The molecule has 0 bridgehead atoms. The van der Waals surface area contributed by atoms with Crippen molar-refractivity contribution < 1.29 is 4.39 Å². The number of hydrogen-bond donors (Lipinski definition) is 1. The molecule has 0 amide bonds.